The van der Waals surface area contributed by atoms with E-state index in [0.29, 0.717) is 19.4 Å². The van der Waals surface area contributed by atoms with Crippen LogP contribution in [0.15, 0.2) is 0 Å². The van der Waals surface area contributed by atoms with Crippen molar-refractivity contribution in [2.45, 2.75) is 32.1 Å². The van der Waals surface area contributed by atoms with Crippen LogP contribution >= 0.6 is 0 Å². The number of hydrogen-bond acceptors (Lipinski definition) is 6. The molecule has 9 heteroatoms. The largest absolute Gasteiger partial charge is 0.449 e. The average molecular weight is 347 g/mol. The Bertz CT molecular complexity index is 348. The highest BCUT2D eigenvalue weighted by Gasteiger charge is 2.10. The molecular weight excluding hydrogens is 318 g/mol. The Morgan fingerprint density at radius 3 is 2.08 bits per heavy atom. The van der Waals surface area contributed by atoms with E-state index in [1.54, 1.807) is 0 Å². The number of rotatable bonds is 14. The molecular formula is C15H29N3O6. The molecule has 0 aromatic rings. The molecule has 9 nitrogen and oxygen atoms in total. The van der Waals surface area contributed by atoms with Gasteiger partial charge in [0.2, 0.25) is 0 Å². The fraction of sp³-hybridized carbons (Fsp3) is 0.800. The van der Waals surface area contributed by atoms with Crippen molar-refractivity contribution < 1.29 is 29.3 Å². The van der Waals surface area contributed by atoms with Gasteiger partial charge >= 0.3 is 12.1 Å². The number of ether oxygens (including phenoxy) is 1. The third-order valence-corrected chi connectivity index (χ3v) is 3.15. The maximum Gasteiger partial charge on any atom is 0.407 e. The van der Waals surface area contributed by atoms with Gasteiger partial charge in [0.1, 0.15) is 6.29 Å². The SMILES string of the molecule is O=CCCOC(=O)NCCCCCCNC(=O)N(CCO)CCO. The summed E-state index contributed by atoms with van der Waals surface area (Å²) >= 11 is 0. The topological polar surface area (TPSA) is 128 Å². The molecule has 0 rings (SSSR count). The highest BCUT2D eigenvalue weighted by atomic mass is 16.5. The monoisotopic (exact) mass is 347 g/mol. The van der Waals surface area contributed by atoms with E-state index in [4.69, 9.17) is 14.9 Å². The first-order valence-electron chi connectivity index (χ1n) is 8.24. The predicted molar refractivity (Wildman–Crippen MR) is 87.6 cm³/mol. The highest BCUT2D eigenvalue weighted by molar-refractivity contribution is 5.74. The molecule has 0 heterocycles. The summed E-state index contributed by atoms with van der Waals surface area (Å²) in [6, 6.07) is -0.294. The molecule has 0 fully saturated rings. The second kappa shape index (κ2) is 16.0. The number of carbonyl (C=O) groups is 3. The van der Waals surface area contributed by atoms with E-state index in [1.165, 1.54) is 4.90 Å². The lowest BCUT2D eigenvalue weighted by atomic mass is 10.2. The summed E-state index contributed by atoms with van der Waals surface area (Å²) in [5.41, 5.74) is 0. The number of carbonyl (C=O) groups excluding carboxylic acids is 3. The highest BCUT2D eigenvalue weighted by Crippen LogP contribution is 1.98. The molecule has 0 aliphatic carbocycles. The molecule has 0 bridgehead atoms. The molecule has 0 saturated heterocycles. The summed E-state index contributed by atoms with van der Waals surface area (Å²) in [7, 11) is 0. The Morgan fingerprint density at radius 2 is 1.54 bits per heavy atom. The smallest absolute Gasteiger partial charge is 0.407 e. The molecule has 0 saturated carbocycles. The first kappa shape index (κ1) is 22.1. The number of aliphatic hydroxyl groups is 2. The van der Waals surface area contributed by atoms with Gasteiger partial charge in [-0.2, -0.15) is 0 Å². The van der Waals surface area contributed by atoms with Crippen LogP contribution in [0.5, 0.6) is 0 Å². The van der Waals surface area contributed by atoms with E-state index in [2.05, 4.69) is 10.6 Å². The zero-order chi connectivity index (χ0) is 18.0. The second-order valence-corrected chi connectivity index (χ2v) is 5.10. The van der Waals surface area contributed by atoms with Gasteiger partial charge in [-0.25, -0.2) is 9.59 Å². The van der Waals surface area contributed by atoms with Gasteiger partial charge in [0.15, 0.2) is 0 Å². The number of hydrogen-bond donors (Lipinski definition) is 4. The first-order valence-corrected chi connectivity index (χ1v) is 8.24. The molecule has 4 N–H and O–H groups in total. The molecule has 0 atom stereocenters. The summed E-state index contributed by atoms with van der Waals surface area (Å²) in [5, 5.41) is 23.0. The van der Waals surface area contributed by atoms with Crippen molar-refractivity contribution in [3.8, 4) is 0 Å². The third kappa shape index (κ3) is 12.7. The first-order chi connectivity index (χ1) is 11.7. The zero-order valence-electron chi connectivity index (χ0n) is 14.0. The molecule has 0 aromatic carbocycles. The number of unbranched alkanes of at least 4 members (excludes halogenated alkanes) is 3. The number of aliphatic hydroxyl groups excluding tert-OH is 2. The Balaban J connectivity index is 3.51. The predicted octanol–water partition coefficient (Wildman–Crippen LogP) is -0.142. The Kier molecular flexibility index (Phi) is 14.8. The van der Waals surface area contributed by atoms with Crippen LogP contribution in [0.1, 0.15) is 32.1 Å². The van der Waals surface area contributed by atoms with Crippen molar-refractivity contribution in [1.29, 1.82) is 0 Å². The Labute approximate surface area is 142 Å². The summed E-state index contributed by atoms with van der Waals surface area (Å²) in [6.07, 6.45) is 3.80. The van der Waals surface area contributed by atoms with E-state index in [9.17, 15) is 14.4 Å². The van der Waals surface area contributed by atoms with Gasteiger partial charge < -0.3 is 35.3 Å². The molecule has 0 aromatic heterocycles. The van der Waals surface area contributed by atoms with Crippen LogP contribution in [0.2, 0.25) is 0 Å². The molecule has 0 unspecified atom stereocenters. The molecule has 0 spiro atoms. The van der Waals surface area contributed by atoms with Gasteiger partial charge in [0, 0.05) is 32.6 Å². The molecule has 0 aliphatic rings. The minimum Gasteiger partial charge on any atom is -0.449 e. The van der Waals surface area contributed by atoms with Crippen LogP contribution < -0.4 is 10.6 Å². The standard InChI is InChI=1S/C15H29N3O6/c19-10-5-13-24-15(23)17-7-4-2-1-3-6-16-14(22)18(8-11-20)9-12-21/h10,20-21H,1-9,11-13H2,(H,16,22)(H,17,23). The molecule has 3 amide bonds. The Morgan fingerprint density at radius 1 is 0.958 bits per heavy atom. The minimum atomic E-state index is -0.517. The maximum atomic E-state index is 11.8. The zero-order valence-corrected chi connectivity index (χ0v) is 14.0. The van der Waals surface area contributed by atoms with Crippen molar-refractivity contribution in [1.82, 2.24) is 15.5 Å². The van der Waals surface area contributed by atoms with E-state index in [0.717, 1.165) is 25.7 Å². The van der Waals surface area contributed by atoms with E-state index in [-0.39, 0.29) is 45.4 Å². The lowest BCUT2D eigenvalue weighted by Crippen LogP contribution is -2.43. The maximum absolute atomic E-state index is 11.8. The lowest BCUT2D eigenvalue weighted by molar-refractivity contribution is -0.108. The van der Waals surface area contributed by atoms with Crippen molar-refractivity contribution in [2.75, 3.05) is 46.0 Å². The summed E-state index contributed by atoms with van der Waals surface area (Å²) < 4.78 is 4.75. The number of urea groups is 1. The summed E-state index contributed by atoms with van der Waals surface area (Å²) in [4.78, 5) is 34.3. The number of nitrogens with one attached hydrogen (secondary N) is 2. The van der Waals surface area contributed by atoms with Crippen LogP contribution in [-0.2, 0) is 9.53 Å². The van der Waals surface area contributed by atoms with Crippen LogP contribution in [0.3, 0.4) is 0 Å². The summed E-state index contributed by atoms with van der Waals surface area (Å²) in [5.74, 6) is 0. The van der Waals surface area contributed by atoms with Crippen molar-refractivity contribution in [2.24, 2.45) is 0 Å². The van der Waals surface area contributed by atoms with Crippen LogP contribution in [0.25, 0.3) is 0 Å². The molecule has 0 aliphatic heterocycles. The Hall–Kier alpha value is -1.87. The fourth-order valence-corrected chi connectivity index (χ4v) is 1.91. The van der Waals surface area contributed by atoms with Crippen LogP contribution in [0.4, 0.5) is 9.59 Å². The average Bonchev–Trinajstić information content (AvgIpc) is 2.57. The quantitative estimate of drug-likeness (QED) is 0.256. The van der Waals surface area contributed by atoms with E-state index >= 15 is 0 Å². The van der Waals surface area contributed by atoms with Gasteiger partial charge in [0.25, 0.3) is 0 Å². The van der Waals surface area contributed by atoms with Gasteiger partial charge in [-0.05, 0) is 12.8 Å². The third-order valence-electron chi connectivity index (χ3n) is 3.15. The van der Waals surface area contributed by atoms with E-state index < -0.39 is 6.09 Å². The minimum absolute atomic E-state index is 0.0958. The number of nitrogens with zero attached hydrogens (tertiary/aromatic N) is 1. The van der Waals surface area contributed by atoms with Crippen molar-refractivity contribution in [3.63, 3.8) is 0 Å². The number of alkyl carbamates (subject to hydrolysis) is 1. The molecule has 0 radical (unpaired) electrons. The van der Waals surface area contributed by atoms with Crippen LogP contribution in [0, 0.1) is 0 Å². The van der Waals surface area contributed by atoms with Gasteiger partial charge in [0.05, 0.1) is 19.8 Å². The molecule has 24 heavy (non-hydrogen) atoms. The second-order valence-electron chi connectivity index (χ2n) is 5.10. The van der Waals surface area contributed by atoms with E-state index in [1.807, 2.05) is 0 Å². The molecule has 140 valence electrons. The van der Waals surface area contributed by atoms with Gasteiger partial charge in [-0.1, -0.05) is 12.8 Å². The summed E-state index contributed by atoms with van der Waals surface area (Å²) in [6.45, 7) is 1.23. The number of aldehydes is 1. The van der Waals surface area contributed by atoms with Crippen molar-refractivity contribution in [3.05, 3.63) is 0 Å². The normalized spacial score (nSPS) is 10.1. The van der Waals surface area contributed by atoms with Gasteiger partial charge in [-0.15, -0.1) is 0 Å². The van der Waals surface area contributed by atoms with Gasteiger partial charge in [-0.3, -0.25) is 0 Å². The number of amides is 3. The fourth-order valence-electron chi connectivity index (χ4n) is 1.91. The van der Waals surface area contributed by atoms with Crippen molar-refractivity contribution >= 4 is 18.4 Å². The van der Waals surface area contributed by atoms with Crippen LogP contribution in [-0.4, -0.2) is 79.5 Å². The lowest BCUT2D eigenvalue weighted by Gasteiger charge is -2.21.